The second-order valence-corrected chi connectivity index (χ2v) is 27.3. The number of likely N-dealkylation sites (N-methyl/N-ethyl adjacent to an activating group) is 7. The molecule has 0 radical (unpaired) electrons. The van der Waals surface area contributed by atoms with Crippen molar-refractivity contribution in [2.24, 2.45) is 41.4 Å². The zero-order valence-corrected chi connectivity index (χ0v) is 58.9. The van der Waals surface area contributed by atoms with Gasteiger partial charge in [-0.25, -0.2) is 0 Å². The molecule has 13 atom stereocenters. The molecule has 0 spiro atoms. The number of carbonyl (C=O) groups excluding carboxylic acids is 11. The van der Waals surface area contributed by atoms with Crippen LogP contribution < -0.4 is 21.3 Å². The van der Waals surface area contributed by atoms with Crippen molar-refractivity contribution < 1.29 is 62.6 Å². The summed E-state index contributed by atoms with van der Waals surface area (Å²) in [5.41, 5.74) is 0. The molecule has 1 saturated heterocycles. The Hall–Kier alpha value is -6.17. The van der Waals surface area contributed by atoms with Gasteiger partial charge in [0.25, 0.3) is 5.91 Å². The molecular weight excluding hydrogens is 1140 g/mol. The summed E-state index contributed by atoms with van der Waals surface area (Å²) in [6.45, 7) is 33.1. The third-order valence-electron chi connectivity index (χ3n) is 16.6. The molecule has 0 aromatic heterocycles. The highest BCUT2D eigenvalue weighted by Crippen LogP contribution is 2.26. The standard InChI is InChI=1S/C65H117N11O13/c1-27-29-30-42(17)53(77)52-57(81)68-45(28-2)59(83)76(26)65(89-41(15)16)64(88)71(21)47(32-36(5)6)56(80)69-50(39(11)12)62(86)70(20)46(31-35(3)4)55(79)66-43(18)54(78)67-44(19)58(82)72(22)48(33-37(7)8)60(84)73(23)49(34-38(9)10)61(85)74(24)51(40(13)14)63(87)75(52)25/h27,29,35-53,65,77H,28,30-34H2,1-26H3,(H,66,79)(H,67,78)(H,68,81)(H,69,80)/b29-27+/t42-,43+,44-,45+,46+,47+,48+,49+,50+,51+,52+,53-,65?/m1/s1. The number of nitrogens with one attached hydrogen (secondary N) is 4. The van der Waals surface area contributed by atoms with E-state index in [2.05, 4.69) is 21.3 Å². The van der Waals surface area contributed by atoms with Crippen LogP contribution in [0.2, 0.25) is 0 Å². The normalized spacial score (nSPS) is 27.1. The molecule has 24 nitrogen and oxygen atoms in total. The van der Waals surface area contributed by atoms with Gasteiger partial charge in [-0.2, -0.15) is 0 Å². The molecule has 0 aromatic carbocycles. The Labute approximate surface area is 533 Å². The van der Waals surface area contributed by atoms with Crippen LogP contribution in [0.1, 0.15) is 170 Å². The number of aliphatic hydroxyl groups excluding tert-OH is 1. The molecule has 1 unspecified atom stereocenters. The summed E-state index contributed by atoms with van der Waals surface area (Å²) < 4.78 is 6.18. The van der Waals surface area contributed by atoms with Gasteiger partial charge in [0.05, 0.1) is 12.2 Å². The largest absolute Gasteiger partial charge is 0.390 e. The van der Waals surface area contributed by atoms with Gasteiger partial charge in [0.2, 0.25) is 65.3 Å². The summed E-state index contributed by atoms with van der Waals surface area (Å²) in [6.07, 6.45) is 0.489. The highest BCUT2D eigenvalue weighted by atomic mass is 16.5. The number of allylic oxidation sites excluding steroid dienone is 2. The van der Waals surface area contributed by atoms with Gasteiger partial charge in [-0.1, -0.05) is 109 Å². The molecule has 510 valence electrons. The molecule has 0 saturated carbocycles. The molecule has 1 aliphatic rings. The number of aliphatic hydroxyl groups is 1. The van der Waals surface area contributed by atoms with E-state index in [0.29, 0.717) is 6.42 Å². The minimum atomic E-state index is -1.67. The van der Waals surface area contributed by atoms with E-state index in [-0.39, 0.29) is 55.8 Å². The van der Waals surface area contributed by atoms with Gasteiger partial charge in [0, 0.05) is 49.3 Å². The van der Waals surface area contributed by atoms with Crippen molar-refractivity contribution in [3.8, 4) is 0 Å². The first-order valence-corrected chi connectivity index (χ1v) is 32.1. The molecule has 0 aromatic rings. The fraction of sp³-hybridized carbons (Fsp3) is 0.800. The fourth-order valence-corrected chi connectivity index (χ4v) is 11.1. The average molecular weight is 1260 g/mol. The van der Waals surface area contributed by atoms with E-state index in [1.165, 1.54) is 82.8 Å². The van der Waals surface area contributed by atoms with Crippen molar-refractivity contribution in [3.05, 3.63) is 12.2 Å². The zero-order chi connectivity index (χ0) is 69.1. The van der Waals surface area contributed by atoms with Crippen LogP contribution in [0.4, 0.5) is 0 Å². The second kappa shape index (κ2) is 36.6. The van der Waals surface area contributed by atoms with Crippen molar-refractivity contribution in [1.29, 1.82) is 0 Å². The predicted octanol–water partition coefficient (Wildman–Crippen LogP) is 4.02. The Balaban J connectivity index is 4.48. The molecule has 0 aliphatic carbocycles. The van der Waals surface area contributed by atoms with E-state index in [1.807, 2.05) is 55.4 Å². The number of ether oxygens (including phenoxy) is 1. The number of carbonyl (C=O) groups is 11. The van der Waals surface area contributed by atoms with E-state index < -0.39 is 162 Å². The summed E-state index contributed by atoms with van der Waals surface area (Å²) in [5, 5.41) is 23.2. The van der Waals surface area contributed by atoms with E-state index in [0.717, 1.165) is 14.7 Å². The van der Waals surface area contributed by atoms with Crippen LogP contribution >= 0.6 is 0 Å². The number of amides is 11. The lowest BCUT2D eigenvalue weighted by Gasteiger charge is -2.41. The monoisotopic (exact) mass is 1260 g/mol. The molecule has 1 fully saturated rings. The minimum Gasteiger partial charge on any atom is -0.390 e. The third-order valence-corrected chi connectivity index (χ3v) is 16.6. The van der Waals surface area contributed by atoms with Gasteiger partial charge in [0.1, 0.15) is 60.4 Å². The van der Waals surface area contributed by atoms with E-state index in [9.17, 15) is 38.7 Å². The minimum absolute atomic E-state index is 0.0382. The quantitative estimate of drug-likeness (QED) is 0.129. The van der Waals surface area contributed by atoms with Crippen LogP contribution in [0.25, 0.3) is 0 Å². The van der Waals surface area contributed by atoms with Crippen molar-refractivity contribution in [2.75, 3.05) is 49.3 Å². The lowest BCUT2D eigenvalue weighted by atomic mass is 9.91. The van der Waals surface area contributed by atoms with Crippen LogP contribution in [0.3, 0.4) is 0 Å². The van der Waals surface area contributed by atoms with Crippen molar-refractivity contribution >= 4 is 65.0 Å². The van der Waals surface area contributed by atoms with E-state index in [4.69, 9.17) is 4.74 Å². The van der Waals surface area contributed by atoms with Gasteiger partial charge in [-0.15, -0.1) is 0 Å². The van der Waals surface area contributed by atoms with Crippen molar-refractivity contribution in [2.45, 2.75) is 249 Å². The lowest BCUT2D eigenvalue weighted by Crippen LogP contribution is -2.64. The van der Waals surface area contributed by atoms with Crippen LogP contribution in [0.5, 0.6) is 0 Å². The molecule has 1 rings (SSSR count). The molecule has 11 amide bonds. The third kappa shape index (κ3) is 22.6. The summed E-state index contributed by atoms with van der Waals surface area (Å²) in [6, 6.07) is -12.7. The van der Waals surface area contributed by atoms with Crippen LogP contribution in [-0.4, -0.2) is 233 Å². The number of rotatable bonds is 17. The van der Waals surface area contributed by atoms with E-state index in [1.54, 1.807) is 74.5 Å². The summed E-state index contributed by atoms with van der Waals surface area (Å²) in [4.78, 5) is 171. The van der Waals surface area contributed by atoms with Crippen molar-refractivity contribution in [1.82, 2.24) is 55.6 Å². The van der Waals surface area contributed by atoms with Gasteiger partial charge in [0.15, 0.2) is 0 Å². The Morgan fingerprint density at radius 2 is 0.843 bits per heavy atom. The first-order valence-electron chi connectivity index (χ1n) is 32.1. The Morgan fingerprint density at radius 3 is 1.27 bits per heavy atom. The Morgan fingerprint density at radius 1 is 0.438 bits per heavy atom. The first kappa shape index (κ1) is 80.8. The smallest absolute Gasteiger partial charge is 0.273 e. The van der Waals surface area contributed by atoms with Crippen LogP contribution in [0, 0.1) is 41.4 Å². The molecular formula is C65H117N11O13. The molecule has 1 heterocycles. The topological polar surface area (TPSA) is 288 Å². The zero-order valence-electron chi connectivity index (χ0n) is 58.9. The van der Waals surface area contributed by atoms with Crippen LogP contribution in [0.15, 0.2) is 12.2 Å². The maximum absolute atomic E-state index is 15.3. The SMILES string of the molecule is C/C=C/C[C@@H](C)[C@@H](O)[C@H]1C(=O)N[C@@H](CC)C(=O)N(C)C(OC(C)C)C(=O)N(C)[C@@H](CC(C)C)C(=O)N[C@@H](C(C)C)C(=O)N(C)[C@@H](CC(C)C)C(=O)N[C@@H](C)C(=O)N[C@H](C)C(=O)N(C)[C@@H](CC(C)C)C(=O)N(C)[C@@H](CC(C)C)C(=O)N(C)[C@@H](C(C)C)C(=O)N1C. The van der Waals surface area contributed by atoms with Gasteiger partial charge < -0.3 is 65.4 Å². The highest BCUT2D eigenvalue weighted by molar-refractivity contribution is 6.00. The van der Waals surface area contributed by atoms with Crippen LogP contribution in [-0.2, 0) is 57.5 Å². The predicted molar refractivity (Wildman–Crippen MR) is 344 cm³/mol. The molecule has 0 bridgehead atoms. The maximum atomic E-state index is 15.3. The lowest BCUT2D eigenvalue weighted by molar-refractivity contribution is -0.172. The molecule has 5 N–H and O–H groups in total. The molecule has 1 aliphatic heterocycles. The Bertz CT molecular complexity index is 2430. The Kier molecular flexibility index (Phi) is 33.3. The fourth-order valence-electron chi connectivity index (χ4n) is 11.1. The maximum Gasteiger partial charge on any atom is 0.273 e. The number of hydrogen-bond donors (Lipinski definition) is 5. The highest BCUT2D eigenvalue weighted by Gasteiger charge is 2.46. The summed E-state index contributed by atoms with van der Waals surface area (Å²) in [7, 11) is 9.81. The first-order chi connectivity index (χ1) is 41.0. The summed E-state index contributed by atoms with van der Waals surface area (Å²) >= 11 is 0. The van der Waals surface area contributed by atoms with Gasteiger partial charge >= 0.3 is 0 Å². The summed E-state index contributed by atoms with van der Waals surface area (Å²) in [5.74, 6) is -10.3. The van der Waals surface area contributed by atoms with Crippen molar-refractivity contribution in [3.63, 3.8) is 0 Å². The van der Waals surface area contributed by atoms with Gasteiger partial charge in [-0.05, 0) is 115 Å². The van der Waals surface area contributed by atoms with Gasteiger partial charge in [-0.3, -0.25) is 52.7 Å². The number of nitrogens with zero attached hydrogens (tertiary/aromatic N) is 7. The molecule has 24 heteroatoms. The average Bonchev–Trinajstić information content (AvgIpc) is 1.46. The second-order valence-electron chi connectivity index (χ2n) is 27.3. The van der Waals surface area contributed by atoms with E-state index >= 15 is 19.2 Å². The molecule has 89 heavy (non-hydrogen) atoms. The number of hydrogen-bond acceptors (Lipinski definition) is 13.